The number of carbonyl (C=O) groups excluding carboxylic acids is 3. The summed E-state index contributed by atoms with van der Waals surface area (Å²) in [5, 5.41) is 5.28. The number of benzene rings is 2. The minimum Gasteiger partial charge on any atom is -0.455 e. The average Bonchev–Trinajstić information content (AvgIpc) is 2.75. The zero-order valence-electron chi connectivity index (χ0n) is 17.3. The number of amides is 2. The van der Waals surface area contributed by atoms with Crippen molar-refractivity contribution >= 4 is 33.5 Å². The van der Waals surface area contributed by atoms with Crippen LogP contribution >= 0.6 is 0 Å². The van der Waals surface area contributed by atoms with Crippen LogP contribution in [0.3, 0.4) is 0 Å². The van der Waals surface area contributed by atoms with Gasteiger partial charge in [0.15, 0.2) is 6.61 Å². The molecular formula is C21H25N3O6S. The first-order chi connectivity index (χ1) is 14.7. The Kier molecular flexibility index (Phi) is 8.71. The maximum atomic E-state index is 12.3. The Labute approximate surface area is 181 Å². The number of ether oxygens (including phenoxy) is 1. The molecule has 2 aromatic rings. The van der Waals surface area contributed by atoms with Crippen LogP contribution in [-0.4, -0.2) is 45.9 Å². The van der Waals surface area contributed by atoms with Crippen LogP contribution in [0.5, 0.6) is 0 Å². The molecule has 9 nitrogen and oxygen atoms in total. The number of carbonyl (C=O) groups is 3. The van der Waals surface area contributed by atoms with E-state index in [-0.39, 0.29) is 28.0 Å². The van der Waals surface area contributed by atoms with Crippen LogP contribution in [0.1, 0.15) is 24.2 Å². The number of esters is 1. The monoisotopic (exact) mass is 447 g/mol. The van der Waals surface area contributed by atoms with E-state index >= 15 is 0 Å². The Morgan fingerprint density at radius 2 is 1.61 bits per heavy atom. The number of rotatable bonds is 10. The van der Waals surface area contributed by atoms with E-state index in [1.165, 1.54) is 12.1 Å². The molecule has 166 valence electrons. The number of para-hydroxylation sites is 1. The Morgan fingerprint density at radius 1 is 0.968 bits per heavy atom. The molecule has 0 unspecified atom stereocenters. The molecule has 0 fully saturated rings. The van der Waals surface area contributed by atoms with Crippen molar-refractivity contribution in [3.05, 3.63) is 60.2 Å². The van der Waals surface area contributed by atoms with Gasteiger partial charge in [0, 0.05) is 6.54 Å². The Morgan fingerprint density at radius 3 is 2.29 bits per heavy atom. The van der Waals surface area contributed by atoms with Crippen LogP contribution in [0.15, 0.2) is 59.5 Å². The van der Waals surface area contributed by atoms with Gasteiger partial charge in [-0.3, -0.25) is 14.4 Å². The number of sulfonamides is 1. The summed E-state index contributed by atoms with van der Waals surface area (Å²) in [4.78, 5) is 36.2. The SMILES string of the molecule is CC(C)CNC(=O)c1ccccc1NC(=O)COC(=O)CNS(=O)(=O)c1ccccc1. The third-order valence-electron chi connectivity index (χ3n) is 3.94. The van der Waals surface area contributed by atoms with Crippen LogP contribution in [0.2, 0.25) is 0 Å². The predicted molar refractivity (Wildman–Crippen MR) is 115 cm³/mol. The highest BCUT2D eigenvalue weighted by atomic mass is 32.2. The molecule has 2 amide bonds. The minimum atomic E-state index is -3.87. The lowest BCUT2D eigenvalue weighted by molar-refractivity contribution is -0.146. The molecule has 31 heavy (non-hydrogen) atoms. The number of hydrogen-bond acceptors (Lipinski definition) is 6. The van der Waals surface area contributed by atoms with Crippen LogP contribution in [0.4, 0.5) is 5.69 Å². The molecule has 0 aliphatic heterocycles. The fraction of sp³-hybridized carbons (Fsp3) is 0.286. The molecule has 0 atom stereocenters. The lowest BCUT2D eigenvalue weighted by Crippen LogP contribution is -2.32. The first kappa shape index (κ1) is 24.0. The largest absolute Gasteiger partial charge is 0.455 e. The van der Waals surface area contributed by atoms with Crippen molar-refractivity contribution in [1.29, 1.82) is 0 Å². The maximum absolute atomic E-state index is 12.3. The second-order valence-electron chi connectivity index (χ2n) is 7.00. The van der Waals surface area contributed by atoms with Gasteiger partial charge >= 0.3 is 5.97 Å². The second-order valence-corrected chi connectivity index (χ2v) is 8.76. The summed E-state index contributed by atoms with van der Waals surface area (Å²) in [5.41, 5.74) is 0.549. The van der Waals surface area contributed by atoms with Gasteiger partial charge in [-0.05, 0) is 30.2 Å². The third kappa shape index (κ3) is 7.83. The maximum Gasteiger partial charge on any atom is 0.321 e. The number of nitrogens with one attached hydrogen (secondary N) is 3. The molecule has 0 bridgehead atoms. The Hall–Kier alpha value is -3.24. The highest BCUT2D eigenvalue weighted by Crippen LogP contribution is 2.15. The molecule has 2 rings (SSSR count). The van der Waals surface area contributed by atoms with Gasteiger partial charge in [0.05, 0.1) is 16.1 Å². The van der Waals surface area contributed by atoms with E-state index in [0.717, 1.165) is 0 Å². The molecule has 0 saturated heterocycles. The van der Waals surface area contributed by atoms with Gasteiger partial charge < -0.3 is 15.4 Å². The van der Waals surface area contributed by atoms with Crippen molar-refractivity contribution in [3.63, 3.8) is 0 Å². The zero-order valence-corrected chi connectivity index (χ0v) is 18.1. The predicted octanol–water partition coefficient (Wildman–Crippen LogP) is 1.53. The molecular weight excluding hydrogens is 422 g/mol. The van der Waals surface area contributed by atoms with E-state index in [4.69, 9.17) is 4.74 Å². The standard InChI is InChI=1S/C21H25N3O6S/c1-15(2)12-22-21(27)17-10-6-7-11-18(17)24-19(25)14-30-20(26)13-23-31(28,29)16-8-4-3-5-9-16/h3-11,15,23H,12-14H2,1-2H3,(H,22,27)(H,24,25). The van der Waals surface area contributed by atoms with Gasteiger partial charge in [-0.1, -0.05) is 44.2 Å². The zero-order chi connectivity index (χ0) is 22.9. The van der Waals surface area contributed by atoms with Crippen molar-refractivity contribution in [3.8, 4) is 0 Å². The van der Waals surface area contributed by atoms with Crippen molar-refractivity contribution in [2.45, 2.75) is 18.7 Å². The van der Waals surface area contributed by atoms with E-state index in [1.54, 1.807) is 42.5 Å². The van der Waals surface area contributed by atoms with Crippen molar-refractivity contribution in [1.82, 2.24) is 10.0 Å². The normalized spacial score (nSPS) is 11.1. The Bertz CT molecular complexity index is 1020. The third-order valence-corrected chi connectivity index (χ3v) is 5.36. The second kappa shape index (κ2) is 11.2. The van der Waals surface area contributed by atoms with Crippen LogP contribution < -0.4 is 15.4 Å². The summed E-state index contributed by atoms with van der Waals surface area (Å²) >= 11 is 0. The molecule has 0 saturated carbocycles. The fourth-order valence-electron chi connectivity index (χ4n) is 2.40. The van der Waals surface area contributed by atoms with E-state index in [0.29, 0.717) is 6.54 Å². The number of anilines is 1. The highest BCUT2D eigenvalue weighted by molar-refractivity contribution is 7.89. The molecule has 0 spiro atoms. The lowest BCUT2D eigenvalue weighted by atomic mass is 10.1. The summed E-state index contributed by atoms with van der Waals surface area (Å²) in [6, 6.07) is 14.0. The Balaban J connectivity index is 1.85. The van der Waals surface area contributed by atoms with Crippen LogP contribution in [0.25, 0.3) is 0 Å². The topological polar surface area (TPSA) is 131 Å². The number of hydrogen-bond donors (Lipinski definition) is 3. The summed E-state index contributed by atoms with van der Waals surface area (Å²) in [6.07, 6.45) is 0. The minimum absolute atomic E-state index is 0.00731. The lowest BCUT2D eigenvalue weighted by Gasteiger charge is -2.12. The van der Waals surface area contributed by atoms with Gasteiger partial charge in [0.1, 0.15) is 6.54 Å². The summed E-state index contributed by atoms with van der Waals surface area (Å²) in [6.45, 7) is 3.15. The van der Waals surface area contributed by atoms with E-state index in [2.05, 4.69) is 15.4 Å². The van der Waals surface area contributed by atoms with Gasteiger partial charge in [-0.15, -0.1) is 0 Å². The highest BCUT2D eigenvalue weighted by Gasteiger charge is 2.17. The first-order valence-electron chi connectivity index (χ1n) is 9.56. The molecule has 2 aromatic carbocycles. The van der Waals surface area contributed by atoms with Crippen molar-refractivity contribution in [2.24, 2.45) is 5.92 Å². The summed E-state index contributed by atoms with van der Waals surface area (Å²) in [7, 11) is -3.87. The van der Waals surface area contributed by atoms with Crippen LogP contribution in [0, 0.1) is 5.92 Å². The molecule has 10 heteroatoms. The summed E-state index contributed by atoms with van der Waals surface area (Å²) in [5.74, 6) is -1.65. The van der Waals surface area contributed by atoms with Gasteiger partial charge in [-0.2, -0.15) is 4.72 Å². The molecule has 0 heterocycles. The van der Waals surface area contributed by atoms with Gasteiger partial charge in [-0.25, -0.2) is 8.42 Å². The molecule has 3 N–H and O–H groups in total. The molecule has 0 aromatic heterocycles. The molecule has 0 aliphatic carbocycles. The average molecular weight is 448 g/mol. The smallest absolute Gasteiger partial charge is 0.321 e. The molecule has 0 radical (unpaired) electrons. The quantitative estimate of drug-likeness (QED) is 0.474. The van der Waals surface area contributed by atoms with Crippen LogP contribution in [-0.2, 0) is 24.3 Å². The van der Waals surface area contributed by atoms with Gasteiger partial charge in [0.2, 0.25) is 10.0 Å². The van der Waals surface area contributed by atoms with E-state index in [9.17, 15) is 22.8 Å². The van der Waals surface area contributed by atoms with E-state index < -0.39 is 35.1 Å². The fourth-order valence-corrected chi connectivity index (χ4v) is 3.39. The first-order valence-corrected chi connectivity index (χ1v) is 11.0. The summed E-state index contributed by atoms with van der Waals surface area (Å²) < 4.78 is 31.1. The van der Waals surface area contributed by atoms with Crippen molar-refractivity contribution < 1.29 is 27.5 Å². The van der Waals surface area contributed by atoms with Crippen molar-refractivity contribution in [2.75, 3.05) is 25.0 Å². The molecule has 0 aliphatic rings. The van der Waals surface area contributed by atoms with E-state index in [1.807, 2.05) is 13.8 Å². The van der Waals surface area contributed by atoms with Gasteiger partial charge in [0.25, 0.3) is 11.8 Å².